The van der Waals surface area contributed by atoms with E-state index in [1.807, 2.05) is 0 Å². The van der Waals surface area contributed by atoms with Crippen LogP contribution in [0.2, 0.25) is 0 Å². The zero-order chi connectivity index (χ0) is 22.7. The fourth-order valence-corrected chi connectivity index (χ4v) is 5.75. The van der Waals surface area contributed by atoms with Gasteiger partial charge in [0.05, 0.1) is 0 Å². The number of halogens is 1. The lowest BCUT2D eigenvalue weighted by Gasteiger charge is -2.11. The van der Waals surface area contributed by atoms with Gasteiger partial charge in [0, 0.05) is 16.5 Å². The van der Waals surface area contributed by atoms with E-state index in [1.54, 1.807) is 0 Å². The Hall–Kier alpha value is -3.36. The van der Waals surface area contributed by atoms with Crippen LogP contribution in [0.5, 0.6) is 0 Å². The Bertz CT molecular complexity index is 1450. The maximum Gasteiger partial charge on any atom is 0.255 e. The van der Waals surface area contributed by atoms with Crippen LogP contribution in [0.4, 0.5) is 0 Å². The average Bonchev–Trinajstić information content (AvgIpc) is 3.37. The van der Waals surface area contributed by atoms with Crippen LogP contribution in [0.15, 0.2) is 79.1 Å². The van der Waals surface area contributed by atoms with Crippen molar-refractivity contribution in [1.29, 1.82) is 0 Å². The summed E-state index contributed by atoms with van der Waals surface area (Å²) in [4.78, 5) is 0. The van der Waals surface area contributed by atoms with Gasteiger partial charge in [0.15, 0.2) is 11.4 Å². The summed E-state index contributed by atoms with van der Waals surface area (Å²) < 4.78 is 4.92. The summed E-state index contributed by atoms with van der Waals surface area (Å²) in [5.41, 5.74) is 13.3. The number of rotatable bonds is 4. The summed E-state index contributed by atoms with van der Waals surface area (Å²) in [5.74, 6) is 0. The summed E-state index contributed by atoms with van der Waals surface area (Å²) in [6.45, 7) is 8.97. The van der Waals surface area contributed by atoms with Gasteiger partial charge in [0.25, 0.3) is 6.33 Å². The van der Waals surface area contributed by atoms with Gasteiger partial charge in [0.2, 0.25) is 0 Å². The van der Waals surface area contributed by atoms with E-state index < -0.39 is 0 Å². The minimum absolute atomic E-state index is 0. The molecule has 0 spiro atoms. The molecule has 0 atom stereocenters. The van der Waals surface area contributed by atoms with Crippen molar-refractivity contribution in [2.45, 2.75) is 40.5 Å². The number of para-hydroxylation sites is 2. The monoisotopic (exact) mass is 464 g/mol. The van der Waals surface area contributed by atoms with E-state index in [1.165, 1.54) is 66.9 Å². The lowest BCUT2D eigenvalue weighted by Crippen LogP contribution is -3.00. The van der Waals surface area contributed by atoms with E-state index in [4.69, 9.17) is 0 Å². The second kappa shape index (κ2) is 8.45. The Morgan fingerprint density at radius 2 is 1.32 bits per heavy atom. The van der Waals surface area contributed by atoms with Crippen molar-refractivity contribution < 1.29 is 17.0 Å². The molecule has 1 aliphatic rings. The molecule has 0 fully saturated rings. The summed E-state index contributed by atoms with van der Waals surface area (Å²) in [5, 5.41) is 2.67. The molecule has 34 heavy (non-hydrogen) atoms. The number of fused-ring (bicyclic) bond motifs is 3. The highest BCUT2D eigenvalue weighted by Gasteiger charge is 2.37. The highest BCUT2D eigenvalue weighted by Crippen LogP contribution is 2.47. The lowest BCUT2D eigenvalue weighted by atomic mass is 10.0. The molecule has 0 unspecified atom stereocenters. The molecule has 5 aromatic rings. The molecule has 1 aromatic heterocycles. The van der Waals surface area contributed by atoms with Crippen LogP contribution in [0.25, 0.3) is 44.7 Å². The predicted octanol–water partition coefficient (Wildman–Crippen LogP) is 4.30. The standard InChI is InChI=1S/C31H29N2.ClH/c1-5-22-13-7-11-20(3)28(22)32-19-33(29-21(4)12-8-14-23(29)6-2)31-26-18-10-16-24-15-9-17-25(27(24)26)30(31)32;/h7-19H,5-6H2,1-4H3;1H/q+1;/p-1. The molecule has 0 saturated heterocycles. The molecule has 0 amide bonds. The molecule has 6 rings (SSSR count). The molecule has 0 aliphatic heterocycles. The zero-order valence-electron chi connectivity index (χ0n) is 20.2. The van der Waals surface area contributed by atoms with Crippen LogP contribution in [-0.4, -0.2) is 4.57 Å². The Labute approximate surface area is 207 Å². The Morgan fingerprint density at radius 1 is 0.706 bits per heavy atom. The Balaban J connectivity index is 0.00000241. The lowest BCUT2D eigenvalue weighted by molar-refractivity contribution is -0.584. The predicted molar refractivity (Wildman–Crippen MR) is 137 cm³/mol. The van der Waals surface area contributed by atoms with Gasteiger partial charge in [-0.2, -0.15) is 9.13 Å². The molecule has 0 N–H and O–H groups in total. The number of nitrogens with zero attached hydrogens (tertiary/aromatic N) is 2. The van der Waals surface area contributed by atoms with Gasteiger partial charge >= 0.3 is 0 Å². The molecule has 0 saturated carbocycles. The molecule has 1 aliphatic carbocycles. The van der Waals surface area contributed by atoms with Crippen molar-refractivity contribution in [3.63, 3.8) is 0 Å². The van der Waals surface area contributed by atoms with Crippen LogP contribution < -0.4 is 17.0 Å². The van der Waals surface area contributed by atoms with E-state index in [2.05, 4.69) is 116 Å². The van der Waals surface area contributed by atoms with Crippen molar-refractivity contribution in [3.8, 4) is 33.9 Å². The maximum atomic E-state index is 2.46. The highest BCUT2D eigenvalue weighted by molar-refractivity contribution is 6.13. The van der Waals surface area contributed by atoms with Gasteiger partial charge in [-0.05, 0) is 66.5 Å². The number of hydrogen-bond donors (Lipinski definition) is 0. The number of benzene rings is 4. The van der Waals surface area contributed by atoms with Crippen LogP contribution in [0.1, 0.15) is 36.1 Å². The summed E-state index contributed by atoms with van der Waals surface area (Å²) >= 11 is 0. The minimum atomic E-state index is 0. The molecular formula is C31H29ClN2. The van der Waals surface area contributed by atoms with E-state index in [9.17, 15) is 0 Å². The van der Waals surface area contributed by atoms with Gasteiger partial charge < -0.3 is 12.4 Å². The topological polar surface area (TPSA) is 8.81 Å². The van der Waals surface area contributed by atoms with Crippen molar-refractivity contribution in [2.24, 2.45) is 0 Å². The van der Waals surface area contributed by atoms with Crippen LogP contribution >= 0.6 is 0 Å². The fourth-order valence-electron chi connectivity index (χ4n) is 5.75. The first-order chi connectivity index (χ1) is 16.1. The summed E-state index contributed by atoms with van der Waals surface area (Å²) in [6, 6.07) is 26.8. The van der Waals surface area contributed by atoms with Crippen molar-refractivity contribution >= 4 is 10.8 Å². The number of imidazole rings is 1. The Morgan fingerprint density at radius 3 is 2.03 bits per heavy atom. The highest BCUT2D eigenvalue weighted by atomic mass is 35.5. The smallest absolute Gasteiger partial charge is 0.255 e. The molecule has 0 bridgehead atoms. The van der Waals surface area contributed by atoms with Crippen LogP contribution in [0.3, 0.4) is 0 Å². The van der Waals surface area contributed by atoms with E-state index in [0.29, 0.717) is 0 Å². The van der Waals surface area contributed by atoms with E-state index in [-0.39, 0.29) is 12.4 Å². The van der Waals surface area contributed by atoms with Crippen molar-refractivity contribution in [2.75, 3.05) is 0 Å². The molecule has 3 heteroatoms. The van der Waals surface area contributed by atoms with Gasteiger partial charge in [0.1, 0.15) is 11.4 Å². The summed E-state index contributed by atoms with van der Waals surface area (Å²) in [6.07, 6.45) is 4.35. The fraction of sp³-hybridized carbons (Fsp3) is 0.194. The molecule has 0 radical (unpaired) electrons. The first-order valence-corrected chi connectivity index (χ1v) is 12.0. The number of hydrogen-bond acceptors (Lipinski definition) is 0. The van der Waals surface area contributed by atoms with Gasteiger partial charge in [-0.25, -0.2) is 0 Å². The van der Waals surface area contributed by atoms with Crippen LogP contribution in [0, 0.1) is 13.8 Å². The quantitative estimate of drug-likeness (QED) is 0.344. The molecule has 4 aromatic carbocycles. The molecule has 170 valence electrons. The van der Waals surface area contributed by atoms with E-state index in [0.717, 1.165) is 12.8 Å². The first-order valence-electron chi connectivity index (χ1n) is 12.0. The van der Waals surface area contributed by atoms with E-state index >= 15 is 0 Å². The van der Waals surface area contributed by atoms with Gasteiger partial charge in [-0.1, -0.05) is 74.5 Å². The first kappa shape index (κ1) is 22.4. The average molecular weight is 465 g/mol. The third-order valence-corrected chi connectivity index (χ3v) is 7.24. The SMILES string of the molecule is CCc1cccc(C)c1-n1c[n+](-c2c(C)cccc2CC)c2c1-c1cccc3cccc-2c13.[Cl-]. The Kier molecular flexibility index (Phi) is 5.58. The molecule has 1 heterocycles. The molecule has 2 nitrogen and oxygen atoms in total. The largest absolute Gasteiger partial charge is 1.00 e. The van der Waals surface area contributed by atoms with Crippen molar-refractivity contribution in [1.82, 2.24) is 4.57 Å². The third-order valence-electron chi connectivity index (χ3n) is 7.24. The van der Waals surface area contributed by atoms with Gasteiger partial charge in [-0.15, -0.1) is 0 Å². The molecular weight excluding hydrogens is 436 g/mol. The number of aryl methyl sites for hydroxylation is 4. The van der Waals surface area contributed by atoms with Crippen LogP contribution in [-0.2, 0) is 12.8 Å². The maximum absolute atomic E-state index is 2.46. The number of aromatic nitrogens is 2. The third kappa shape index (κ3) is 3.05. The van der Waals surface area contributed by atoms with Crippen molar-refractivity contribution in [3.05, 3.63) is 101 Å². The normalized spacial score (nSPS) is 11.5. The second-order valence-corrected chi connectivity index (χ2v) is 9.13. The zero-order valence-corrected chi connectivity index (χ0v) is 20.9. The minimum Gasteiger partial charge on any atom is -1.00 e. The van der Waals surface area contributed by atoms with Gasteiger partial charge in [-0.3, -0.25) is 0 Å². The second-order valence-electron chi connectivity index (χ2n) is 9.13. The summed E-state index contributed by atoms with van der Waals surface area (Å²) in [7, 11) is 0.